The Balaban J connectivity index is 2.50. The average Bonchev–Trinajstić information content (AvgIpc) is 2.57. The van der Waals surface area contributed by atoms with Crippen LogP contribution in [0.2, 0.25) is 0 Å². The summed E-state index contributed by atoms with van der Waals surface area (Å²) in [6.45, 7) is 6.19. The highest BCUT2D eigenvalue weighted by Gasteiger charge is 2.12. The summed E-state index contributed by atoms with van der Waals surface area (Å²) in [6.07, 6.45) is 9.91. The summed E-state index contributed by atoms with van der Waals surface area (Å²) in [4.78, 5) is 0. The molecule has 0 amide bonds. The molecule has 0 unspecified atom stereocenters. The zero-order chi connectivity index (χ0) is 13.1. The summed E-state index contributed by atoms with van der Waals surface area (Å²) >= 11 is 0. The van der Waals surface area contributed by atoms with Crippen LogP contribution in [0, 0.1) is 6.92 Å². The summed E-state index contributed by atoms with van der Waals surface area (Å²) < 4.78 is 0. The van der Waals surface area contributed by atoms with Gasteiger partial charge in [-0.2, -0.15) is 0 Å². The summed E-state index contributed by atoms with van der Waals surface area (Å²) in [5.74, 6) is 0.688. The predicted molar refractivity (Wildman–Crippen MR) is 76.3 cm³/mol. The van der Waals surface area contributed by atoms with E-state index in [0.717, 1.165) is 22.4 Å². The van der Waals surface area contributed by atoms with Crippen LogP contribution in [0.5, 0.6) is 5.75 Å². The van der Waals surface area contributed by atoms with Gasteiger partial charge in [-0.1, -0.05) is 26.0 Å². The maximum atomic E-state index is 9.97. The quantitative estimate of drug-likeness (QED) is 0.824. The van der Waals surface area contributed by atoms with Gasteiger partial charge < -0.3 is 10.4 Å². The molecule has 0 aromatic heterocycles. The van der Waals surface area contributed by atoms with Gasteiger partial charge in [0.2, 0.25) is 0 Å². The Labute approximate surface area is 108 Å². The van der Waals surface area contributed by atoms with Gasteiger partial charge in [-0.25, -0.2) is 0 Å². The largest absolute Gasteiger partial charge is 0.508 e. The molecule has 0 radical (unpaired) electrons. The van der Waals surface area contributed by atoms with Gasteiger partial charge in [0.1, 0.15) is 5.75 Å². The molecule has 0 saturated heterocycles. The molecule has 18 heavy (non-hydrogen) atoms. The van der Waals surface area contributed by atoms with E-state index in [4.69, 9.17) is 0 Å². The van der Waals surface area contributed by atoms with Crippen LogP contribution < -0.4 is 5.32 Å². The number of benzene rings is 1. The molecule has 1 aliphatic rings. The van der Waals surface area contributed by atoms with Gasteiger partial charge in [0.05, 0.1) is 0 Å². The van der Waals surface area contributed by atoms with Crippen molar-refractivity contribution in [3.8, 4) is 5.75 Å². The van der Waals surface area contributed by atoms with Gasteiger partial charge in [-0.15, -0.1) is 0 Å². The van der Waals surface area contributed by atoms with Crippen molar-refractivity contribution >= 4 is 5.70 Å². The fraction of sp³-hybridized carbons (Fsp3) is 0.250. The Hall–Kier alpha value is -1.96. The first-order valence-corrected chi connectivity index (χ1v) is 6.23. The minimum Gasteiger partial charge on any atom is -0.508 e. The normalized spacial score (nSPS) is 14.3. The van der Waals surface area contributed by atoms with Crippen LogP contribution in [0.4, 0.5) is 0 Å². The first-order valence-electron chi connectivity index (χ1n) is 6.23. The molecule has 0 fully saturated rings. The molecule has 0 aliphatic carbocycles. The van der Waals surface area contributed by atoms with Crippen LogP contribution in [-0.4, -0.2) is 5.11 Å². The minimum atomic E-state index is 0.307. The van der Waals surface area contributed by atoms with E-state index < -0.39 is 0 Å². The number of aromatic hydroxyl groups is 1. The summed E-state index contributed by atoms with van der Waals surface area (Å²) in [5, 5.41) is 13.2. The molecule has 2 nitrogen and oxygen atoms in total. The molecule has 1 aromatic carbocycles. The maximum absolute atomic E-state index is 9.97. The lowest BCUT2D eigenvalue weighted by atomic mass is 9.95. The highest BCUT2D eigenvalue weighted by molar-refractivity contribution is 5.71. The lowest BCUT2D eigenvalue weighted by Crippen LogP contribution is -2.05. The number of allylic oxidation sites excluding steroid dienone is 4. The number of rotatable bonds is 2. The van der Waals surface area contributed by atoms with E-state index in [2.05, 4.69) is 25.2 Å². The fourth-order valence-electron chi connectivity index (χ4n) is 2.09. The van der Waals surface area contributed by atoms with Crippen molar-refractivity contribution in [2.24, 2.45) is 0 Å². The van der Waals surface area contributed by atoms with Gasteiger partial charge in [-0.3, -0.25) is 0 Å². The average molecular weight is 241 g/mol. The van der Waals surface area contributed by atoms with Crippen molar-refractivity contribution in [1.29, 1.82) is 0 Å². The van der Waals surface area contributed by atoms with Crippen molar-refractivity contribution in [3.05, 3.63) is 59.3 Å². The van der Waals surface area contributed by atoms with Crippen LogP contribution in [-0.2, 0) is 0 Å². The number of nitrogens with one attached hydrogen (secondary N) is 1. The van der Waals surface area contributed by atoms with E-state index in [1.54, 1.807) is 0 Å². The number of hydrogen-bond donors (Lipinski definition) is 2. The Morgan fingerprint density at radius 2 is 1.89 bits per heavy atom. The van der Waals surface area contributed by atoms with E-state index in [9.17, 15) is 5.11 Å². The van der Waals surface area contributed by atoms with Crippen molar-refractivity contribution in [2.75, 3.05) is 0 Å². The second-order valence-electron chi connectivity index (χ2n) is 4.85. The SMILES string of the molecule is Cc1cc(O)c(C(C)C)cc1C1=CC=CC=CN1. The molecule has 2 N–H and O–H groups in total. The fourth-order valence-corrected chi connectivity index (χ4v) is 2.09. The molecule has 2 rings (SSSR count). The smallest absolute Gasteiger partial charge is 0.119 e. The van der Waals surface area contributed by atoms with Gasteiger partial charge in [0.25, 0.3) is 0 Å². The lowest BCUT2D eigenvalue weighted by molar-refractivity contribution is 0.464. The second kappa shape index (κ2) is 5.13. The Morgan fingerprint density at radius 3 is 2.61 bits per heavy atom. The van der Waals surface area contributed by atoms with Crippen LogP contribution in [0.3, 0.4) is 0 Å². The van der Waals surface area contributed by atoms with E-state index >= 15 is 0 Å². The van der Waals surface area contributed by atoms with Gasteiger partial charge in [-0.05, 0) is 48.3 Å². The van der Waals surface area contributed by atoms with Gasteiger partial charge >= 0.3 is 0 Å². The van der Waals surface area contributed by atoms with Crippen molar-refractivity contribution in [1.82, 2.24) is 5.32 Å². The molecular weight excluding hydrogens is 222 g/mol. The molecule has 94 valence electrons. The molecule has 2 heteroatoms. The van der Waals surface area contributed by atoms with Crippen LogP contribution in [0.15, 0.2) is 42.6 Å². The first kappa shape index (κ1) is 12.5. The molecule has 0 saturated carbocycles. The first-order chi connectivity index (χ1) is 8.59. The number of phenolic OH excluding ortho intramolecular Hbond substituents is 1. The highest BCUT2D eigenvalue weighted by atomic mass is 16.3. The minimum absolute atomic E-state index is 0.307. The predicted octanol–water partition coefficient (Wildman–Crippen LogP) is 3.84. The third kappa shape index (κ3) is 2.48. The summed E-state index contributed by atoms with van der Waals surface area (Å²) in [7, 11) is 0. The molecular formula is C16H19NO. The summed E-state index contributed by atoms with van der Waals surface area (Å²) in [6, 6.07) is 3.91. The van der Waals surface area contributed by atoms with Crippen molar-refractivity contribution in [2.45, 2.75) is 26.7 Å². The number of phenols is 1. The van der Waals surface area contributed by atoms with Crippen LogP contribution in [0.1, 0.15) is 36.5 Å². The molecule has 1 aromatic rings. The second-order valence-corrected chi connectivity index (χ2v) is 4.85. The standard InChI is InChI=1S/C16H19NO/c1-11(2)13-10-14(12(3)9-16(13)18)15-7-5-4-6-8-17-15/h4-11,17-18H,1-3H3. The molecule has 1 aliphatic heterocycles. The molecule has 0 spiro atoms. The van der Waals surface area contributed by atoms with Crippen LogP contribution >= 0.6 is 0 Å². The summed E-state index contributed by atoms with van der Waals surface area (Å²) in [5.41, 5.74) is 4.24. The van der Waals surface area contributed by atoms with Crippen molar-refractivity contribution in [3.63, 3.8) is 0 Å². The van der Waals surface area contributed by atoms with E-state index in [-0.39, 0.29) is 0 Å². The Kier molecular flexibility index (Phi) is 3.56. The topological polar surface area (TPSA) is 32.3 Å². The van der Waals surface area contributed by atoms with E-state index in [1.165, 1.54) is 0 Å². The maximum Gasteiger partial charge on any atom is 0.119 e. The molecule has 1 heterocycles. The lowest BCUT2D eigenvalue weighted by Gasteiger charge is -2.15. The van der Waals surface area contributed by atoms with Gasteiger partial charge in [0, 0.05) is 17.5 Å². The Bertz CT molecular complexity index is 536. The van der Waals surface area contributed by atoms with Crippen LogP contribution in [0.25, 0.3) is 5.70 Å². The van der Waals surface area contributed by atoms with E-state index in [0.29, 0.717) is 11.7 Å². The van der Waals surface area contributed by atoms with Crippen molar-refractivity contribution < 1.29 is 5.11 Å². The molecule has 0 atom stereocenters. The Morgan fingerprint density at radius 1 is 1.11 bits per heavy atom. The van der Waals surface area contributed by atoms with Gasteiger partial charge in [0.15, 0.2) is 0 Å². The monoisotopic (exact) mass is 241 g/mol. The van der Waals surface area contributed by atoms with E-state index in [1.807, 2.05) is 43.5 Å². The third-order valence-corrected chi connectivity index (χ3v) is 3.11. The zero-order valence-electron chi connectivity index (χ0n) is 11.1. The molecule has 0 bridgehead atoms. The number of aryl methyl sites for hydroxylation is 1. The highest BCUT2D eigenvalue weighted by Crippen LogP contribution is 2.31. The number of hydrogen-bond acceptors (Lipinski definition) is 2. The zero-order valence-corrected chi connectivity index (χ0v) is 11.1. The third-order valence-electron chi connectivity index (χ3n) is 3.11.